The number of hydrogen-bond donors (Lipinski definition) is 1. The fourth-order valence-electron chi connectivity index (χ4n) is 1.56. The van der Waals surface area contributed by atoms with Crippen LogP contribution in [0.3, 0.4) is 0 Å². The first kappa shape index (κ1) is 11.6. The van der Waals surface area contributed by atoms with Crippen molar-refractivity contribution in [1.29, 1.82) is 5.26 Å². The molecule has 2 N–H and O–H groups in total. The fourth-order valence-corrected chi connectivity index (χ4v) is 1.81. The number of nitriles is 1. The van der Waals surface area contributed by atoms with Crippen molar-refractivity contribution < 1.29 is 0 Å². The van der Waals surface area contributed by atoms with Crippen LogP contribution in [-0.4, -0.2) is 14.8 Å². The summed E-state index contributed by atoms with van der Waals surface area (Å²) in [5.41, 5.74) is 8.39. The smallest absolute Gasteiger partial charge is 0.178 e. The molecule has 0 saturated heterocycles. The highest BCUT2D eigenvalue weighted by Crippen LogP contribution is 2.25. The minimum Gasteiger partial charge on any atom is -0.395 e. The van der Waals surface area contributed by atoms with E-state index in [-0.39, 0.29) is 0 Å². The average Bonchev–Trinajstić information content (AvgIpc) is 2.57. The number of anilines is 1. The second-order valence-electron chi connectivity index (χ2n) is 3.60. The fraction of sp³-hybridized carbons (Fsp3) is 0.182. The highest BCUT2D eigenvalue weighted by atomic mass is 79.9. The van der Waals surface area contributed by atoms with E-state index in [0.29, 0.717) is 17.1 Å². The molecular formula is C11H10BrN5. The highest BCUT2D eigenvalue weighted by molar-refractivity contribution is 9.10. The number of hydrogen-bond acceptors (Lipinski definition) is 4. The SMILES string of the molecule is Cc1nn(-c2nccc(C#N)c2N)c(C)c1Br. The van der Waals surface area contributed by atoms with Gasteiger partial charge in [-0.25, -0.2) is 9.67 Å². The summed E-state index contributed by atoms with van der Waals surface area (Å²) >= 11 is 3.44. The molecular weight excluding hydrogens is 282 g/mol. The lowest BCUT2D eigenvalue weighted by atomic mass is 10.2. The Labute approximate surface area is 107 Å². The van der Waals surface area contributed by atoms with Crippen LogP contribution in [0.1, 0.15) is 17.0 Å². The molecule has 0 fully saturated rings. The van der Waals surface area contributed by atoms with Crippen LogP contribution in [0.15, 0.2) is 16.7 Å². The van der Waals surface area contributed by atoms with E-state index in [1.54, 1.807) is 16.9 Å². The molecule has 0 unspecified atom stereocenters. The lowest BCUT2D eigenvalue weighted by molar-refractivity contribution is 0.808. The van der Waals surface area contributed by atoms with Gasteiger partial charge in [0.1, 0.15) is 6.07 Å². The van der Waals surface area contributed by atoms with E-state index in [9.17, 15) is 0 Å². The Morgan fingerprint density at radius 3 is 2.71 bits per heavy atom. The second-order valence-corrected chi connectivity index (χ2v) is 4.40. The van der Waals surface area contributed by atoms with E-state index in [0.717, 1.165) is 15.9 Å². The van der Waals surface area contributed by atoms with Crippen molar-refractivity contribution in [2.75, 3.05) is 5.73 Å². The van der Waals surface area contributed by atoms with Crippen LogP contribution in [0, 0.1) is 25.2 Å². The normalized spacial score (nSPS) is 10.2. The quantitative estimate of drug-likeness (QED) is 0.872. The molecule has 86 valence electrons. The number of halogens is 1. The molecule has 6 heteroatoms. The Kier molecular flexibility index (Phi) is 2.86. The van der Waals surface area contributed by atoms with Gasteiger partial charge in [-0.3, -0.25) is 0 Å². The van der Waals surface area contributed by atoms with Crippen molar-refractivity contribution in [3.63, 3.8) is 0 Å². The largest absolute Gasteiger partial charge is 0.395 e. The van der Waals surface area contributed by atoms with Gasteiger partial charge < -0.3 is 5.73 Å². The van der Waals surface area contributed by atoms with E-state index in [2.05, 4.69) is 26.0 Å². The van der Waals surface area contributed by atoms with E-state index in [4.69, 9.17) is 11.0 Å². The maximum Gasteiger partial charge on any atom is 0.178 e. The third-order valence-corrected chi connectivity index (χ3v) is 3.64. The van der Waals surface area contributed by atoms with Gasteiger partial charge in [-0.1, -0.05) is 0 Å². The van der Waals surface area contributed by atoms with Crippen LogP contribution in [0.2, 0.25) is 0 Å². The zero-order valence-electron chi connectivity index (χ0n) is 9.40. The third kappa shape index (κ3) is 1.78. The number of aromatic nitrogens is 3. The Hall–Kier alpha value is -1.87. The van der Waals surface area contributed by atoms with Crippen LogP contribution in [0.4, 0.5) is 5.69 Å². The number of nitrogens with two attached hydrogens (primary N) is 1. The van der Waals surface area contributed by atoms with Crippen LogP contribution >= 0.6 is 15.9 Å². The van der Waals surface area contributed by atoms with Crippen LogP contribution in [-0.2, 0) is 0 Å². The molecule has 0 aromatic carbocycles. The van der Waals surface area contributed by atoms with Gasteiger partial charge >= 0.3 is 0 Å². The van der Waals surface area contributed by atoms with Gasteiger partial charge in [-0.05, 0) is 35.8 Å². The topological polar surface area (TPSA) is 80.5 Å². The zero-order chi connectivity index (χ0) is 12.6. The lowest BCUT2D eigenvalue weighted by Gasteiger charge is -2.07. The summed E-state index contributed by atoms with van der Waals surface area (Å²) in [5.74, 6) is 0.482. The molecule has 17 heavy (non-hydrogen) atoms. The van der Waals surface area contributed by atoms with Crippen molar-refractivity contribution >= 4 is 21.6 Å². The summed E-state index contributed by atoms with van der Waals surface area (Å²) < 4.78 is 2.55. The Morgan fingerprint density at radius 1 is 1.47 bits per heavy atom. The van der Waals surface area contributed by atoms with Crippen molar-refractivity contribution in [2.45, 2.75) is 13.8 Å². The Balaban J connectivity index is 2.70. The van der Waals surface area contributed by atoms with Crippen LogP contribution in [0.25, 0.3) is 5.82 Å². The molecule has 0 spiro atoms. The molecule has 2 aromatic heterocycles. The van der Waals surface area contributed by atoms with E-state index < -0.39 is 0 Å². The molecule has 0 radical (unpaired) electrons. The zero-order valence-corrected chi connectivity index (χ0v) is 11.0. The third-order valence-electron chi connectivity index (χ3n) is 2.49. The lowest BCUT2D eigenvalue weighted by Crippen LogP contribution is -2.07. The predicted octanol–water partition coefficient (Wildman–Crippen LogP) is 2.10. The molecule has 2 heterocycles. The van der Waals surface area contributed by atoms with Gasteiger partial charge in [-0.2, -0.15) is 10.4 Å². The first-order chi connectivity index (χ1) is 8.06. The second kappa shape index (κ2) is 4.18. The van der Waals surface area contributed by atoms with Gasteiger partial charge in [0.05, 0.1) is 27.1 Å². The summed E-state index contributed by atoms with van der Waals surface area (Å²) in [6.45, 7) is 3.79. The molecule has 0 atom stereocenters. The molecule has 0 bridgehead atoms. The Morgan fingerprint density at radius 2 is 2.18 bits per heavy atom. The molecule has 0 aliphatic carbocycles. The summed E-state index contributed by atoms with van der Waals surface area (Å²) in [6.07, 6.45) is 1.55. The standard InChI is InChI=1S/C11H10BrN5/c1-6-9(12)7(2)17(16-6)11-10(14)8(5-13)3-4-15-11/h3-4H,14H2,1-2H3. The van der Waals surface area contributed by atoms with Crippen molar-refractivity contribution in [3.05, 3.63) is 33.7 Å². The average molecular weight is 292 g/mol. The monoisotopic (exact) mass is 291 g/mol. The molecule has 0 aliphatic heterocycles. The van der Waals surface area contributed by atoms with E-state index >= 15 is 0 Å². The van der Waals surface area contributed by atoms with Gasteiger partial charge in [0.25, 0.3) is 0 Å². The van der Waals surface area contributed by atoms with Gasteiger partial charge in [0.15, 0.2) is 5.82 Å². The maximum absolute atomic E-state index is 8.92. The summed E-state index contributed by atoms with van der Waals surface area (Å²) in [5, 5.41) is 13.3. The predicted molar refractivity (Wildman–Crippen MR) is 67.7 cm³/mol. The first-order valence-corrected chi connectivity index (χ1v) is 5.72. The summed E-state index contributed by atoms with van der Waals surface area (Å²) in [7, 11) is 0. The Bertz CT molecular complexity index is 624. The minimum absolute atomic E-state index is 0.341. The first-order valence-electron chi connectivity index (χ1n) is 4.93. The maximum atomic E-state index is 8.92. The molecule has 5 nitrogen and oxygen atoms in total. The number of nitrogens with zero attached hydrogens (tertiary/aromatic N) is 4. The number of nitrogen functional groups attached to an aromatic ring is 1. The number of aryl methyl sites for hydroxylation is 1. The molecule has 2 aromatic rings. The van der Waals surface area contributed by atoms with Crippen molar-refractivity contribution in [3.8, 4) is 11.9 Å². The van der Waals surface area contributed by atoms with Gasteiger partial charge in [-0.15, -0.1) is 0 Å². The van der Waals surface area contributed by atoms with E-state index in [1.165, 1.54) is 0 Å². The van der Waals surface area contributed by atoms with Crippen molar-refractivity contribution in [2.24, 2.45) is 0 Å². The van der Waals surface area contributed by atoms with E-state index in [1.807, 2.05) is 19.9 Å². The molecule has 0 aliphatic rings. The highest BCUT2D eigenvalue weighted by Gasteiger charge is 2.15. The number of pyridine rings is 1. The minimum atomic E-state index is 0.341. The summed E-state index contributed by atoms with van der Waals surface area (Å²) in [4.78, 5) is 4.18. The van der Waals surface area contributed by atoms with Gasteiger partial charge in [0.2, 0.25) is 0 Å². The van der Waals surface area contributed by atoms with Crippen LogP contribution < -0.4 is 5.73 Å². The number of rotatable bonds is 1. The summed E-state index contributed by atoms with van der Waals surface area (Å²) in [6, 6.07) is 3.61. The molecule has 2 rings (SSSR count). The van der Waals surface area contributed by atoms with Crippen molar-refractivity contribution in [1.82, 2.24) is 14.8 Å². The molecule has 0 amide bonds. The van der Waals surface area contributed by atoms with Gasteiger partial charge in [0, 0.05) is 6.20 Å². The van der Waals surface area contributed by atoms with Crippen LogP contribution in [0.5, 0.6) is 0 Å². The molecule has 0 saturated carbocycles.